The van der Waals surface area contributed by atoms with Gasteiger partial charge in [0.2, 0.25) is 5.91 Å². The van der Waals surface area contributed by atoms with Gasteiger partial charge in [-0.25, -0.2) is 5.01 Å². The Bertz CT molecular complexity index is 454. The Hall–Kier alpha value is -2.04. The SMILES string of the molecule is CN1N=C(c2ccc(O)cc2O)CC1=O. The molecule has 0 bridgehead atoms. The predicted molar refractivity (Wildman–Crippen MR) is 53.7 cm³/mol. The highest BCUT2D eigenvalue weighted by molar-refractivity contribution is 6.14. The maximum absolute atomic E-state index is 11.2. The van der Waals surface area contributed by atoms with Crippen LogP contribution in [0.4, 0.5) is 0 Å². The van der Waals surface area contributed by atoms with E-state index in [9.17, 15) is 9.90 Å². The molecule has 0 atom stereocenters. The van der Waals surface area contributed by atoms with E-state index in [0.29, 0.717) is 11.3 Å². The van der Waals surface area contributed by atoms with Gasteiger partial charge >= 0.3 is 0 Å². The van der Waals surface area contributed by atoms with Crippen molar-refractivity contribution in [2.75, 3.05) is 7.05 Å². The van der Waals surface area contributed by atoms with E-state index in [1.54, 1.807) is 7.05 Å². The Labute approximate surface area is 86.3 Å². The minimum atomic E-state index is -0.113. The summed E-state index contributed by atoms with van der Waals surface area (Å²) in [5.74, 6) is -0.205. The third kappa shape index (κ3) is 1.63. The number of amides is 1. The summed E-state index contributed by atoms with van der Waals surface area (Å²) in [6.07, 6.45) is 0.175. The van der Waals surface area contributed by atoms with E-state index in [-0.39, 0.29) is 23.8 Å². The normalized spacial score (nSPS) is 15.7. The molecule has 0 aliphatic carbocycles. The van der Waals surface area contributed by atoms with Crippen molar-refractivity contribution in [2.45, 2.75) is 6.42 Å². The number of carbonyl (C=O) groups is 1. The van der Waals surface area contributed by atoms with E-state index >= 15 is 0 Å². The van der Waals surface area contributed by atoms with Gasteiger partial charge < -0.3 is 10.2 Å². The summed E-state index contributed by atoms with van der Waals surface area (Å²) < 4.78 is 0. The van der Waals surface area contributed by atoms with Gasteiger partial charge in [0.25, 0.3) is 0 Å². The van der Waals surface area contributed by atoms with Crippen molar-refractivity contribution in [3.63, 3.8) is 0 Å². The Morgan fingerprint density at radius 2 is 2.13 bits per heavy atom. The molecule has 0 spiro atoms. The fraction of sp³-hybridized carbons (Fsp3) is 0.200. The van der Waals surface area contributed by atoms with E-state index in [1.165, 1.54) is 23.2 Å². The zero-order valence-corrected chi connectivity index (χ0v) is 8.14. The summed E-state index contributed by atoms with van der Waals surface area (Å²) in [6, 6.07) is 4.21. The third-order valence-electron chi connectivity index (χ3n) is 2.24. The molecule has 5 nitrogen and oxygen atoms in total. The van der Waals surface area contributed by atoms with Gasteiger partial charge in [-0.15, -0.1) is 0 Å². The molecule has 0 radical (unpaired) electrons. The number of rotatable bonds is 1. The number of nitrogens with zero attached hydrogens (tertiary/aromatic N) is 2. The second-order valence-electron chi connectivity index (χ2n) is 3.34. The molecule has 2 rings (SSSR count). The first-order valence-corrected chi connectivity index (χ1v) is 4.44. The first-order chi connectivity index (χ1) is 7.08. The number of hydrazone groups is 1. The molecule has 0 saturated carbocycles. The molecular formula is C10H10N2O3. The maximum atomic E-state index is 11.2. The van der Waals surface area contributed by atoms with Crippen molar-refractivity contribution in [2.24, 2.45) is 5.10 Å². The van der Waals surface area contributed by atoms with Crippen LogP contribution in [0.25, 0.3) is 0 Å². The lowest BCUT2D eigenvalue weighted by atomic mass is 10.1. The fourth-order valence-electron chi connectivity index (χ4n) is 1.44. The molecule has 1 heterocycles. The van der Waals surface area contributed by atoms with Crippen LogP contribution in [0.15, 0.2) is 23.3 Å². The quantitative estimate of drug-likeness (QED) is 0.709. The zero-order valence-electron chi connectivity index (χ0n) is 8.14. The first kappa shape index (κ1) is 9.51. The Morgan fingerprint density at radius 1 is 1.40 bits per heavy atom. The molecule has 0 aromatic heterocycles. The minimum Gasteiger partial charge on any atom is -0.508 e. The smallest absolute Gasteiger partial charge is 0.248 e. The fourth-order valence-corrected chi connectivity index (χ4v) is 1.44. The average Bonchev–Trinajstić information content (AvgIpc) is 2.46. The summed E-state index contributed by atoms with van der Waals surface area (Å²) in [5, 5.41) is 23.9. The van der Waals surface area contributed by atoms with Gasteiger partial charge in [-0.2, -0.15) is 5.10 Å². The second-order valence-corrected chi connectivity index (χ2v) is 3.34. The van der Waals surface area contributed by atoms with Crippen molar-refractivity contribution in [3.8, 4) is 11.5 Å². The summed E-state index contributed by atoms with van der Waals surface area (Å²) >= 11 is 0. The highest BCUT2D eigenvalue weighted by Gasteiger charge is 2.23. The number of aromatic hydroxyl groups is 2. The van der Waals surface area contributed by atoms with Gasteiger partial charge in [-0.05, 0) is 12.1 Å². The van der Waals surface area contributed by atoms with Crippen LogP contribution in [0.2, 0.25) is 0 Å². The lowest BCUT2D eigenvalue weighted by Gasteiger charge is -2.02. The highest BCUT2D eigenvalue weighted by Crippen LogP contribution is 2.26. The largest absolute Gasteiger partial charge is 0.508 e. The maximum Gasteiger partial charge on any atom is 0.248 e. The average molecular weight is 206 g/mol. The number of benzene rings is 1. The Kier molecular flexibility index (Phi) is 2.07. The predicted octanol–water partition coefficient (Wildman–Crippen LogP) is 0.664. The number of phenols is 2. The highest BCUT2D eigenvalue weighted by atomic mass is 16.3. The zero-order chi connectivity index (χ0) is 11.0. The molecular weight excluding hydrogens is 196 g/mol. The molecule has 78 valence electrons. The molecule has 0 saturated heterocycles. The van der Waals surface area contributed by atoms with Gasteiger partial charge in [-0.1, -0.05) is 0 Å². The molecule has 1 aliphatic rings. The van der Waals surface area contributed by atoms with Gasteiger partial charge in [0, 0.05) is 18.7 Å². The van der Waals surface area contributed by atoms with Crippen molar-refractivity contribution in [1.29, 1.82) is 0 Å². The van der Waals surface area contributed by atoms with Crippen LogP contribution < -0.4 is 0 Å². The van der Waals surface area contributed by atoms with E-state index in [2.05, 4.69) is 5.10 Å². The number of hydrogen-bond donors (Lipinski definition) is 2. The summed E-state index contributed by atoms with van der Waals surface area (Å²) in [7, 11) is 1.56. The summed E-state index contributed by atoms with van der Waals surface area (Å²) in [6.45, 7) is 0. The molecule has 1 amide bonds. The Morgan fingerprint density at radius 3 is 2.67 bits per heavy atom. The van der Waals surface area contributed by atoms with Gasteiger partial charge in [-0.3, -0.25) is 4.79 Å². The van der Waals surface area contributed by atoms with Crippen molar-refractivity contribution in [1.82, 2.24) is 5.01 Å². The molecule has 0 unspecified atom stereocenters. The molecule has 15 heavy (non-hydrogen) atoms. The van der Waals surface area contributed by atoms with Crippen LogP contribution in [-0.4, -0.2) is 33.9 Å². The van der Waals surface area contributed by atoms with E-state index in [4.69, 9.17) is 5.11 Å². The molecule has 1 aliphatic heterocycles. The monoisotopic (exact) mass is 206 g/mol. The van der Waals surface area contributed by atoms with Crippen LogP contribution in [0.5, 0.6) is 11.5 Å². The van der Waals surface area contributed by atoms with Crippen LogP contribution in [0, 0.1) is 0 Å². The second kappa shape index (κ2) is 3.27. The van der Waals surface area contributed by atoms with Crippen LogP contribution in [0.3, 0.4) is 0 Å². The van der Waals surface area contributed by atoms with Crippen molar-refractivity contribution >= 4 is 11.6 Å². The Balaban J connectivity index is 2.39. The summed E-state index contributed by atoms with van der Waals surface area (Å²) in [4.78, 5) is 11.2. The number of carbonyl (C=O) groups excluding carboxylic acids is 1. The molecule has 5 heteroatoms. The van der Waals surface area contributed by atoms with Gasteiger partial charge in [0.15, 0.2) is 0 Å². The number of hydrogen-bond acceptors (Lipinski definition) is 4. The van der Waals surface area contributed by atoms with E-state index in [1.807, 2.05) is 0 Å². The summed E-state index contributed by atoms with van der Waals surface area (Å²) in [5.41, 5.74) is 0.991. The van der Waals surface area contributed by atoms with Crippen molar-refractivity contribution in [3.05, 3.63) is 23.8 Å². The van der Waals surface area contributed by atoms with Crippen LogP contribution >= 0.6 is 0 Å². The van der Waals surface area contributed by atoms with Crippen LogP contribution in [0.1, 0.15) is 12.0 Å². The molecule has 1 aromatic rings. The van der Waals surface area contributed by atoms with E-state index in [0.717, 1.165) is 0 Å². The topological polar surface area (TPSA) is 73.1 Å². The first-order valence-electron chi connectivity index (χ1n) is 4.44. The van der Waals surface area contributed by atoms with E-state index < -0.39 is 0 Å². The van der Waals surface area contributed by atoms with Crippen LogP contribution in [-0.2, 0) is 4.79 Å². The van der Waals surface area contributed by atoms with Gasteiger partial charge in [0.05, 0.1) is 12.1 Å². The molecule has 1 aromatic carbocycles. The molecule has 0 fully saturated rings. The molecule has 2 N–H and O–H groups in total. The minimum absolute atomic E-state index is 0.0190. The van der Waals surface area contributed by atoms with Crippen molar-refractivity contribution < 1.29 is 15.0 Å². The third-order valence-corrected chi connectivity index (χ3v) is 2.24. The lowest BCUT2D eigenvalue weighted by molar-refractivity contribution is -0.127. The number of phenolic OH excluding ortho intramolecular Hbond substituents is 2. The lowest BCUT2D eigenvalue weighted by Crippen LogP contribution is -2.14. The standard InChI is InChI=1S/C10H10N2O3/c1-12-10(15)5-8(11-12)7-3-2-6(13)4-9(7)14/h2-4,13-14H,5H2,1H3. The van der Waals surface area contributed by atoms with Gasteiger partial charge in [0.1, 0.15) is 11.5 Å².